The number of rotatable bonds is 1. The molecule has 0 radical (unpaired) electrons. The van der Waals surface area contributed by atoms with Gasteiger partial charge in [-0.15, -0.1) is 10.2 Å². The molecule has 19 heavy (non-hydrogen) atoms. The van der Waals surface area contributed by atoms with E-state index in [1.54, 1.807) is 12.3 Å². The van der Waals surface area contributed by atoms with E-state index < -0.39 is 9.84 Å². The van der Waals surface area contributed by atoms with Crippen molar-refractivity contribution in [2.24, 2.45) is 0 Å². The van der Waals surface area contributed by atoms with Crippen molar-refractivity contribution in [2.75, 3.05) is 6.26 Å². The summed E-state index contributed by atoms with van der Waals surface area (Å²) < 4.78 is 24.8. The molecule has 1 aliphatic rings. The van der Waals surface area contributed by atoms with Crippen LogP contribution in [-0.4, -0.2) is 29.4 Å². The van der Waals surface area contributed by atoms with Crippen LogP contribution < -0.4 is 0 Å². The van der Waals surface area contributed by atoms with Crippen LogP contribution in [0.15, 0.2) is 23.4 Å². The molecule has 1 aliphatic heterocycles. The maximum absolute atomic E-state index is 11.6. The van der Waals surface area contributed by atoms with Crippen LogP contribution in [0.3, 0.4) is 0 Å². The number of benzene rings is 1. The van der Waals surface area contributed by atoms with Gasteiger partial charge in [0.15, 0.2) is 0 Å². The van der Waals surface area contributed by atoms with E-state index in [1.165, 1.54) is 4.57 Å². The molecule has 0 aliphatic carbocycles. The van der Waals surface area contributed by atoms with E-state index in [9.17, 15) is 8.42 Å². The molecule has 0 saturated heterocycles. The van der Waals surface area contributed by atoms with Gasteiger partial charge in [0.05, 0.1) is 0 Å². The molecular weight excluding hydrogens is 286 g/mol. The fourth-order valence-corrected chi connectivity index (χ4v) is 2.95. The third kappa shape index (κ3) is 2.17. The Morgan fingerprint density at radius 2 is 2.11 bits per heavy atom. The Morgan fingerprint density at radius 3 is 2.84 bits per heavy atom. The normalized spacial score (nSPS) is 13.8. The highest BCUT2D eigenvalue weighted by Crippen LogP contribution is 2.24. The first-order valence-corrected chi connectivity index (χ1v) is 7.82. The smallest absolute Gasteiger partial charge is 0.253 e. The number of hydrogen-bond donors (Lipinski definition) is 0. The highest BCUT2D eigenvalue weighted by molar-refractivity contribution is 7.90. The van der Waals surface area contributed by atoms with Gasteiger partial charge in [0.1, 0.15) is 5.82 Å². The van der Waals surface area contributed by atoms with Gasteiger partial charge in [0.25, 0.3) is 5.16 Å². The van der Waals surface area contributed by atoms with Crippen molar-refractivity contribution in [3.05, 3.63) is 40.2 Å². The number of nitrogens with zero attached hydrogens (tertiary/aromatic N) is 3. The molecule has 0 atom stereocenters. The van der Waals surface area contributed by atoms with E-state index in [0.29, 0.717) is 17.3 Å². The van der Waals surface area contributed by atoms with Crippen molar-refractivity contribution in [2.45, 2.75) is 11.6 Å². The molecule has 98 valence electrons. The predicted molar refractivity (Wildman–Crippen MR) is 72.6 cm³/mol. The van der Waals surface area contributed by atoms with Crippen LogP contribution in [0.25, 0.3) is 12.3 Å². The highest BCUT2D eigenvalue weighted by Gasteiger charge is 2.21. The molecule has 1 aromatic heterocycles. The second-order valence-electron chi connectivity index (χ2n) is 4.38. The average Bonchev–Trinajstić information content (AvgIpc) is 2.63. The van der Waals surface area contributed by atoms with Gasteiger partial charge in [-0.1, -0.05) is 17.7 Å². The number of hydrogen-bond acceptors (Lipinski definition) is 4. The second-order valence-corrected chi connectivity index (χ2v) is 6.72. The number of aromatic nitrogens is 3. The summed E-state index contributed by atoms with van der Waals surface area (Å²) in [5.74, 6) is 0.581. The number of sulfone groups is 1. The summed E-state index contributed by atoms with van der Waals surface area (Å²) in [5, 5.41) is 8.30. The van der Waals surface area contributed by atoms with Crippen molar-refractivity contribution < 1.29 is 8.42 Å². The summed E-state index contributed by atoms with van der Waals surface area (Å²) in [5.41, 5.74) is 1.99. The molecule has 0 saturated carbocycles. The van der Waals surface area contributed by atoms with E-state index in [1.807, 2.05) is 18.2 Å². The van der Waals surface area contributed by atoms with Crippen LogP contribution >= 0.6 is 11.6 Å². The molecule has 0 N–H and O–H groups in total. The molecule has 0 spiro atoms. The quantitative estimate of drug-likeness (QED) is 0.687. The van der Waals surface area contributed by atoms with Gasteiger partial charge in [-0.2, -0.15) is 0 Å². The van der Waals surface area contributed by atoms with E-state index in [2.05, 4.69) is 10.2 Å². The lowest BCUT2D eigenvalue weighted by molar-refractivity contribution is 0.590. The Morgan fingerprint density at radius 1 is 1.32 bits per heavy atom. The molecule has 5 nitrogen and oxygen atoms in total. The summed E-state index contributed by atoms with van der Waals surface area (Å²) in [6, 6.07) is 5.55. The first-order chi connectivity index (χ1) is 8.95. The fourth-order valence-electron chi connectivity index (χ4n) is 2.05. The first kappa shape index (κ1) is 12.4. The topological polar surface area (TPSA) is 64.8 Å². The Hall–Kier alpha value is -1.66. The van der Waals surface area contributed by atoms with Gasteiger partial charge in [0, 0.05) is 23.9 Å². The van der Waals surface area contributed by atoms with Gasteiger partial charge in [0.2, 0.25) is 9.84 Å². The SMILES string of the molecule is CS(=O)(=O)c1nnc2n1C=Cc1ccc(Cl)cc1C2. The van der Waals surface area contributed by atoms with Crippen LogP contribution in [0.5, 0.6) is 0 Å². The van der Waals surface area contributed by atoms with E-state index in [-0.39, 0.29) is 5.16 Å². The average molecular weight is 296 g/mol. The van der Waals surface area contributed by atoms with Crippen molar-refractivity contribution in [1.82, 2.24) is 14.8 Å². The monoisotopic (exact) mass is 295 g/mol. The van der Waals surface area contributed by atoms with Gasteiger partial charge >= 0.3 is 0 Å². The summed E-state index contributed by atoms with van der Waals surface area (Å²) >= 11 is 5.97. The van der Waals surface area contributed by atoms with Crippen molar-refractivity contribution in [3.63, 3.8) is 0 Å². The molecule has 1 aromatic carbocycles. The summed E-state index contributed by atoms with van der Waals surface area (Å²) in [7, 11) is -3.40. The molecule has 0 unspecified atom stereocenters. The minimum atomic E-state index is -3.40. The largest absolute Gasteiger partial charge is 0.277 e. The van der Waals surface area contributed by atoms with Crippen LogP contribution in [0, 0.1) is 0 Å². The second kappa shape index (κ2) is 4.18. The molecule has 2 aromatic rings. The summed E-state index contributed by atoms with van der Waals surface area (Å²) in [4.78, 5) is 0. The molecule has 0 bridgehead atoms. The van der Waals surface area contributed by atoms with Gasteiger partial charge in [-0.3, -0.25) is 4.57 Å². The zero-order valence-corrected chi connectivity index (χ0v) is 11.6. The minimum Gasteiger partial charge on any atom is -0.277 e. The van der Waals surface area contributed by atoms with Gasteiger partial charge in [-0.25, -0.2) is 8.42 Å². The van der Waals surface area contributed by atoms with Gasteiger partial charge in [-0.05, 0) is 29.3 Å². The fraction of sp³-hybridized carbons (Fsp3) is 0.167. The maximum Gasteiger partial charge on any atom is 0.253 e. The predicted octanol–water partition coefficient (Wildman–Crippen LogP) is 1.87. The Balaban J connectivity index is 2.18. The van der Waals surface area contributed by atoms with Crippen molar-refractivity contribution in [3.8, 4) is 0 Å². The lowest BCUT2D eigenvalue weighted by atomic mass is 10.1. The zero-order valence-electron chi connectivity index (χ0n) is 10.0. The Bertz CT molecular complexity index is 793. The standard InChI is InChI=1S/C12H10ClN3O2S/c1-19(17,18)12-15-14-11-7-9-6-10(13)3-2-8(9)4-5-16(11)12/h2-6H,7H2,1H3. The third-order valence-electron chi connectivity index (χ3n) is 2.92. The summed E-state index contributed by atoms with van der Waals surface area (Å²) in [6.07, 6.45) is 5.12. The highest BCUT2D eigenvalue weighted by atomic mass is 35.5. The van der Waals surface area contributed by atoms with E-state index in [0.717, 1.165) is 17.4 Å². The lowest BCUT2D eigenvalue weighted by Gasteiger charge is -2.03. The van der Waals surface area contributed by atoms with E-state index in [4.69, 9.17) is 11.6 Å². The van der Waals surface area contributed by atoms with Crippen LogP contribution in [0.4, 0.5) is 0 Å². The van der Waals surface area contributed by atoms with Crippen LogP contribution in [0.1, 0.15) is 17.0 Å². The summed E-state index contributed by atoms with van der Waals surface area (Å²) in [6.45, 7) is 0. The lowest BCUT2D eigenvalue weighted by Crippen LogP contribution is -2.06. The van der Waals surface area contributed by atoms with Crippen molar-refractivity contribution in [1.29, 1.82) is 0 Å². The molecule has 0 fully saturated rings. The number of fused-ring (bicyclic) bond motifs is 2. The van der Waals surface area contributed by atoms with Gasteiger partial charge < -0.3 is 0 Å². The van der Waals surface area contributed by atoms with Crippen molar-refractivity contribution >= 4 is 33.7 Å². The molecule has 3 rings (SSSR count). The molecule has 0 amide bonds. The maximum atomic E-state index is 11.6. The Labute approximate surface area is 115 Å². The third-order valence-corrected chi connectivity index (χ3v) is 4.10. The molecule has 7 heteroatoms. The molecular formula is C12H10ClN3O2S. The number of halogens is 1. The minimum absolute atomic E-state index is 0.0438. The van der Waals surface area contributed by atoms with Crippen LogP contribution in [0.2, 0.25) is 5.02 Å². The van der Waals surface area contributed by atoms with Crippen LogP contribution in [-0.2, 0) is 16.3 Å². The molecule has 2 heterocycles. The first-order valence-electron chi connectivity index (χ1n) is 5.55. The zero-order chi connectivity index (χ0) is 13.6. The van der Waals surface area contributed by atoms with E-state index >= 15 is 0 Å². The Kier molecular flexibility index (Phi) is 2.72.